The van der Waals surface area contributed by atoms with Crippen LogP contribution in [-0.2, 0) is 0 Å². The van der Waals surface area contributed by atoms with Crippen molar-refractivity contribution in [1.29, 1.82) is 0 Å². The fraction of sp³-hybridized carbons (Fsp3) is 0.200. The van der Waals surface area contributed by atoms with E-state index in [0.717, 1.165) is 14.9 Å². The highest BCUT2D eigenvalue weighted by atomic mass is 127. The Morgan fingerprint density at radius 3 is 2.65 bits per heavy atom. The second-order valence-electron chi connectivity index (χ2n) is 4.23. The number of ether oxygens (including phenoxy) is 1. The van der Waals surface area contributed by atoms with Crippen molar-refractivity contribution >= 4 is 34.3 Å². The zero-order valence-corrected chi connectivity index (χ0v) is 13.5. The average Bonchev–Trinajstić information content (AvgIpc) is 2.43. The molecule has 1 N–H and O–H groups in total. The standard InChI is InChI=1S/C15H15IN2O2/c1-3-20-13-6-4-11(5-7-13)15(19)18-14-10(2)8-12(16)9-17-14/h4-9H,3H2,1-2H3,(H,17,18,19). The first kappa shape index (κ1) is 14.8. The van der Waals surface area contributed by atoms with E-state index >= 15 is 0 Å². The van der Waals surface area contributed by atoms with Gasteiger partial charge in [-0.1, -0.05) is 0 Å². The molecular formula is C15H15IN2O2. The number of anilines is 1. The van der Waals surface area contributed by atoms with E-state index in [-0.39, 0.29) is 5.91 Å². The van der Waals surface area contributed by atoms with Gasteiger partial charge in [0, 0.05) is 15.3 Å². The third kappa shape index (κ3) is 3.69. The van der Waals surface area contributed by atoms with E-state index in [9.17, 15) is 4.79 Å². The molecule has 104 valence electrons. The number of hydrogen-bond acceptors (Lipinski definition) is 3. The van der Waals surface area contributed by atoms with Crippen molar-refractivity contribution in [2.45, 2.75) is 13.8 Å². The van der Waals surface area contributed by atoms with Crippen LogP contribution in [0.15, 0.2) is 36.5 Å². The topological polar surface area (TPSA) is 51.2 Å². The summed E-state index contributed by atoms with van der Waals surface area (Å²) in [4.78, 5) is 16.4. The molecule has 1 amide bonds. The van der Waals surface area contributed by atoms with Gasteiger partial charge in [-0.15, -0.1) is 0 Å². The van der Waals surface area contributed by atoms with Crippen LogP contribution >= 0.6 is 22.6 Å². The molecule has 0 saturated heterocycles. The number of carbonyl (C=O) groups is 1. The average molecular weight is 382 g/mol. The maximum atomic E-state index is 12.1. The van der Waals surface area contributed by atoms with E-state index in [0.29, 0.717) is 18.0 Å². The third-order valence-electron chi connectivity index (χ3n) is 2.70. The summed E-state index contributed by atoms with van der Waals surface area (Å²) in [7, 11) is 0. The molecule has 2 rings (SSSR count). The van der Waals surface area contributed by atoms with Crippen LogP contribution in [0, 0.1) is 10.5 Å². The number of nitrogens with one attached hydrogen (secondary N) is 1. The van der Waals surface area contributed by atoms with E-state index in [1.807, 2.05) is 19.9 Å². The highest BCUT2D eigenvalue weighted by molar-refractivity contribution is 14.1. The molecule has 1 aromatic carbocycles. The summed E-state index contributed by atoms with van der Waals surface area (Å²) < 4.78 is 6.39. The zero-order valence-electron chi connectivity index (χ0n) is 11.3. The lowest BCUT2D eigenvalue weighted by Gasteiger charge is -2.08. The largest absolute Gasteiger partial charge is 0.494 e. The van der Waals surface area contributed by atoms with Gasteiger partial charge in [-0.2, -0.15) is 0 Å². The van der Waals surface area contributed by atoms with Crippen molar-refractivity contribution in [3.8, 4) is 5.75 Å². The van der Waals surface area contributed by atoms with E-state index in [1.165, 1.54) is 0 Å². The Kier molecular flexibility index (Phi) is 4.94. The quantitative estimate of drug-likeness (QED) is 0.822. The second kappa shape index (κ2) is 6.69. The molecule has 0 aliphatic heterocycles. The molecule has 0 unspecified atom stereocenters. The number of rotatable bonds is 4. The van der Waals surface area contributed by atoms with Crippen molar-refractivity contribution in [2.75, 3.05) is 11.9 Å². The highest BCUT2D eigenvalue weighted by Crippen LogP contribution is 2.17. The molecule has 0 aliphatic rings. The molecule has 2 aromatic rings. The maximum absolute atomic E-state index is 12.1. The predicted molar refractivity (Wildman–Crippen MR) is 87.3 cm³/mol. The smallest absolute Gasteiger partial charge is 0.256 e. The predicted octanol–water partition coefficient (Wildman–Crippen LogP) is 3.65. The molecule has 0 bridgehead atoms. The SMILES string of the molecule is CCOc1ccc(C(=O)Nc2ncc(I)cc2C)cc1. The molecule has 5 heteroatoms. The minimum Gasteiger partial charge on any atom is -0.494 e. The van der Waals surface area contributed by atoms with Crippen molar-refractivity contribution in [3.05, 3.63) is 51.2 Å². The number of benzene rings is 1. The Labute approximate surface area is 131 Å². The lowest BCUT2D eigenvalue weighted by Crippen LogP contribution is -2.14. The number of halogens is 1. The molecule has 0 radical (unpaired) electrons. The van der Waals surface area contributed by atoms with Crippen LogP contribution in [-0.4, -0.2) is 17.5 Å². The number of nitrogens with zero attached hydrogens (tertiary/aromatic N) is 1. The normalized spacial score (nSPS) is 10.2. The van der Waals surface area contributed by atoms with Gasteiger partial charge in [0.15, 0.2) is 0 Å². The van der Waals surface area contributed by atoms with Crippen LogP contribution in [0.25, 0.3) is 0 Å². The van der Waals surface area contributed by atoms with Gasteiger partial charge in [0.25, 0.3) is 5.91 Å². The van der Waals surface area contributed by atoms with Crippen LogP contribution in [0.4, 0.5) is 5.82 Å². The Bertz CT molecular complexity index is 612. The third-order valence-corrected chi connectivity index (χ3v) is 3.29. The van der Waals surface area contributed by atoms with Gasteiger partial charge in [-0.25, -0.2) is 4.98 Å². The monoisotopic (exact) mass is 382 g/mol. The summed E-state index contributed by atoms with van der Waals surface area (Å²) in [5.74, 6) is 1.17. The van der Waals surface area contributed by atoms with Crippen molar-refractivity contribution < 1.29 is 9.53 Å². The summed E-state index contributed by atoms with van der Waals surface area (Å²) in [5.41, 5.74) is 1.52. The van der Waals surface area contributed by atoms with E-state index in [2.05, 4.69) is 32.9 Å². The van der Waals surface area contributed by atoms with Crippen LogP contribution in [0.5, 0.6) is 5.75 Å². The minimum absolute atomic E-state index is 0.176. The summed E-state index contributed by atoms with van der Waals surface area (Å²) in [5, 5.41) is 2.81. The highest BCUT2D eigenvalue weighted by Gasteiger charge is 2.09. The molecule has 0 fully saturated rings. The first-order chi connectivity index (χ1) is 9.60. The van der Waals surface area contributed by atoms with Crippen molar-refractivity contribution in [3.63, 3.8) is 0 Å². The van der Waals surface area contributed by atoms with Gasteiger partial charge < -0.3 is 10.1 Å². The Morgan fingerprint density at radius 2 is 2.05 bits per heavy atom. The number of amides is 1. The lowest BCUT2D eigenvalue weighted by molar-refractivity contribution is 0.102. The number of pyridine rings is 1. The molecule has 0 spiro atoms. The number of carbonyl (C=O) groups excluding carboxylic acids is 1. The van der Waals surface area contributed by atoms with E-state index in [1.54, 1.807) is 30.5 Å². The zero-order chi connectivity index (χ0) is 14.5. The molecular weight excluding hydrogens is 367 g/mol. The van der Waals surface area contributed by atoms with Gasteiger partial charge >= 0.3 is 0 Å². The van der Waals surface area contributed by atoms with Crippen LogP contribution < -0.4 is 10.1 Å². The molecule has 1 heterocycles. The summed E-state index contributed by atoms with van der Waals surface area (Å²) >= 11 is 2.19. The first-order valence-corrected chi connectivity index (χ1v) is 7.34. The van der Waals surface area contributed by atoms with Crippen LogP contribution in [0.1, 0.15) is 22.8 Å². The van der Waals surface area contributed by atoms with Gasteiger partial charge in [-0.05, 0) is 72.3 Å². The van der Waals surface area contributed by atoms with Crippen LogP contribution in [0.3, 0.4) is 0 Å². The van der Waals surface area contributed by atoms with Gasteiger partial charge in [0.1, 0.15) is 11.6 Å². The minimum atomic E-state index is -0.176. The molecule has 1 aromatic heterocycles. The summed E-state index contributed by atoms with van der Waals surface area (Å²) in [6, 6.07) is 9.02. The Balaban J connectivity index is 2.11. The molecule has 0 aliphatic carbocycles. The van der Waals surface area contributed by atoms with Crippen LogP contribution in [0.2, 0.25) is 0 Å². The van der Waals surface area contributed by atoms with E-state index in [4.69, 9.17) is 4.74 Å². The second-order valence-corrected chi connectivity index (χ2v) is 5.48. The van der Waals surface area contributed by atoms with E-state index < -0.39 is 0 Å². The number of hydrogen-bond donors (Lipinski definition) is 1. The Hall–Kier alpha value is -1.63. The van der Waals surface area contributed by atoms with Crippen molar-refractivity contribution in [2.24, 2.45) is 0 Å². The fourth-order valence-electron chi connectivity index (χ4n) is 1.72. The number of aromatic nitrogens is 1. The van der Waals surface area contributed by atoms with Gasteiger partial charge in [0.05, 0.1) is 6.61 Å². The van der Waals surface area contributed by atoms with Gasteiger partial charge in [-0.3, -0.25) is 4.79 Å². The van der Waals surface area contributed by atoms with Gasteiger partial charge in [0.2, 0.25) is 0 Å². The first-order valence-electron chi connectivity index (χ1n) is 6.26. The summed E-state index contributed by atoms with van der Waals surface area (Å²) in [6.07, 6.45) is 1.72. The van der Waals surface area contributed by atoms with Crippen molar-refractivity contribution in [1.82, 2.24) is 4.98 Å². The maximum Gasteiger partial charge on any atom is 0.256 e. The fourth-order valence-corrected chi connectivity index (χ4v) is 2.33. The molecule has 0 saturated carbocycles. The Morgan fingerprint density at radius 1 is 1.35 bits per heavy atom. The molecule has 4 nitrogen and oxygen atoms in total. The summed E-state index contributed by atoms with van der Waals surface area (Å²) in [6.45, 7) is 4.45. The lowest BCUT2D eigenvalue weighted by atomic mass is 10.2. The molecule has 0 atom stereocenters. The molecule has 20 heavy (non-hydrogen) atoms. The number of aryl methyl sites for hydroxylation is 1.